The third kappa shape index (κ3) is 2.61. The molecule has 3 N–H and O–H groups in total. The zero-order valence-corrected chi connectivity index (χ0v) is 8.31. The first-order chi connectivity index (χ1) is 6.50. The molecule has 1 aromatic rings. The Kier molecular flexibility index (Phi) is 3.33. The summed E-state index contributed by atoms with van der Waals surface area (Å²) in [7, 11) is 3.70. The summed E-state index contributed by atoms with van der Waals surface area (Å²) in [6.45, 7) is 0.476. The van der Waals surface area contributed by atoms with Crippen molar-refractivity contribution in [1.29, 1.82) is 0 Å². The standard InChI is InChI=1S/C10H15NO3/c1-11(2)6-10(14)7-3-4-8(12)9(13)5-7/h3-5,10,12-14H,6H2,1-2H3/t10-/m0/s1. The van der Waals surface area contributed by atoms with Gasteiger partial charge in [-0.3, -0.25) is 0 Å². The van der Waals surface area contributed by atoms with E-state index in [1.54, 1.807) is 6.07 Å². The van der Waals surface area contributed by atoms with E-state index in [4.69, 9.17) is 5.11 Å². The van der Waals surface area contributed by atoms with Crippen LogP contribution in [0.4, 0.5) is 0 Å². The van der Waals surface area contributed by atoms with Crippen LogP contribution < -0.4 is 0 Å². The average molecular weight is 197 g/mol. The van der Waals surface area contributed by atoms with E-state index in [-0.39, 0.29) is 11.5 Å². The van der Waals surface area contributed by atoms with Gasteiger partial charge in [0.1, 0.15) is 0 Å². The molecule has 0 unspecified atom stereocenters. The highest BCUT2D eigenvalue weighted by Gasteiger charge is 2.10. The average Bonchev–Trinajstić information content (AvgIpc) is 2.08. The van der Waals surface area contributed by atoms with Crippen molar-refractivity contribution in [3.8, 4) is 11.5 Å². The van der Waals surface area contributed by atoms with Gasteiger partial charge < -0.3 is 20.2 Å². The quantitative estimate of drug-likeness (QED) is 0.624. The molecule has 4 heteroatoms. The number of aromatic hydroxyl groups is 2. The van der Waals surface area contributed by atoms with E-state index in [0.29, 0.717) is 12.1 Å². The van der Waals surface area contributed by atoms with Crippen molar-refractivity contribution in [2.75, 3.05) is 20.6 Å². The van der Waals surface area contributed by atoms with Crippen LogP contribution in [0.3, 0.4) is 0 Å². The molecule has 0 spiro atoms. The van der Waals surface area contributed by atoms with Gasteiger partial charge in [-0.05, 0) is 31.8 Å². The summed E-state index contributed by atoms with van der Waals surface area (Å²) in [6, 6.07) is 4.32. The van der Waals surface area contributed by atoms with Gasteiger partial charge >= 0.3 is 0 Å². The van der Waals surface area contributed by atoms with Crippen molar-refractivity contribution in [3.05, 3.63) is 23.8 Å². The van der Waals surface area contributed by atoms with Crippen LogP contribution in [0.5, 0.6) is 11.5 Å². The number of aliphatic hydroxyl groups is 1. The van der Waals surface area contributed by atoms with E-state index in [0.717, 1.165) is 0 Å². The van der Waals surface area contributed by atoms with Gasteiger partial charge in [0.25, 0.3) is 0 Å². The van der Waals surface area contributed by atoms with E-state index >= 15 is 0 Å². The number of phenols is 2. The van der Waals surface area contributed by atoms with Gasteiger partial charge in [-0.1, -0.05) is 6.07 Å². The topological polar surface area (TPSA) is 63.9 Å². The van der Waals surface area contributed by atoms with E-state index < -0.39 is 6.10 Å². The highest BCUT2D eigenvalue weighted by atomic mass is 16.3. The molecule has 0 radical (unpaired) electrons. The maximum atomic E-state index is 9.67. The second kappa shape index (κ2) is 4.30. The van der Waals surface area contributed by atoms with Crippen molar-refractivity contribution in [3.63, 3.8) is 0 Å². The molecule has 0 bridgehead atoms. The third-order valence-electron chi connectivity index (χ3n) is 1.92. The lowest BCUT2D eigenvalue weighted by Crippen LogP contribution is -2.19. The predicted octanol–water partition coefficient (Wildman–Crippen LogP) is 0.693. The molecular weight excluding hydrogens is 182 g/mol. The molecule has 0 saturated carbocycles. The molecule has 1 rings (SSSR count). The van der Waals surface area contributed by atoms with Gasteiger partial charge in [-0.2, -0.15) is 0 Å². The Balaban J connectivity index is 2.80. The molecule has 0 aliphatic heterocycles. The Bertz CT molecular complexity index is 312. The fourth-order valence-electron chi connectivity index (χ4n) is 1.20. The van der Waals surface area contributed by atoms with Gasteiger partial charge in [-0.25, -0.2) is 0 Å². The lowest BCUT2D eigenvalue weighted by atomic mass is 10.1. The Hall–Kier alpha value is -1.26. The van der Waals surface area contributed by atoms with Crippen LogP contribution in [0, 0.1) is 0 Å². The Labute approximate surface area is 83.0 Å². The molecule has 14 heavy (non-hydrogen) atoms. The number of hydrogen-bond acceptors (Lipinski definition) is 4. The summed E-state index contributed by atoms with van der Waals surface area (Å²) < 4.78 is 0. The molecule has 0 fully saturated rings. The molecule has 1 aromatic carbocycles. The molecule has 0 aromatic heterocycles. The first kappa shape index (κ1) is 10.8. The molecule has 0 saturated heterocycles. The minimum Gasteiger partial charge on any atom is -0.504 e. The Morgan fingerprint density at radius 2 is 1.86 bits per heavy atom. The van der Waals surface area contributed by atoms with Crippen LogP contribution in [0.15, 0.2) is 18.2 Å². The summed E-state index contributed by atoms with van der Waals surface area (Å²) in [5.74, 6) is -0.383. The smallest absolute Gasteiger partial charge is 0.157 e. The first-order valence-corrected chi connectivity index (χ1v) is 4.35. The zero-order valence-electron chi connectivity index (χ0n) is 8.31. The fourth-order valence-corrected chi connectivity index (χ4v) is 1.20. The highest BCUT2D eigenvalue weighted by Crippen LogP contribution is 2.27. The minimum absolute atomic E-state index is 0.175. The number of likely N-dealkylation sites (N-methyl/N-ethyl adjacent to an activating group) is 1. The van der Waals surface area contributed by atoms with Gasteiger partial charge in [-0.15, -0.1) is 0 Å². The van der Waals surface area contributed by atoms with E-state index in [1.165, 1.54) is 12.1 Å². The van der Waals surface area contributed by atoms with Crippen molar-refractivity contribution >= 4 is 0 Å². The lowest BCUT2D eigenvalue weighted by Gasteiger charge is -2.16. The van der Waals surface area contributed by atoms with Gasteiger partial charge in [0.05, 0.1) is 6.10 Å². The van der Waals surface area contributed by atoms with Gasteiger partial charge in [0.2, 0.25) is 0 Å². The molecule has 4 nitrogen and oxygen atoms in total. The summed E-state index contributed by atoms with van der Waals surface area (Å²) in [5.41, 5.74) is 0.592. The largest absolute Gasteiger partial charge is 0.504 e. The molecule has 0 aliphatic rings. The van der Waals surface area contributed by atoms with Crippen LogP contribution in [0.1, 0.15) is 11.7 Å². The number of hydrogen-bond donors (Lipinski definition) is 3. The highest BCUT2D eigenvalue weighted by molar-refractivity contribution is 5.41. The third-order valence-corrected chi connectivity index (χ3v) is 1.92. The van der Waals surface area contributed by atoms with Crippen molar-refractivity contribution in [2.24, 2.45) is 0 Å². The molecule has 0 amide bonds. The van der Waals surface area contributed by atoms with Crippen LogP contribution in [0.25, 0.3) is 0 Å². The number of aliphatic hydroxyl groups excluding tert-OH is 1. The van der Waals surface area contributed by atoms with E-state index in [9.17, 15) is 10.2 Å². The van der Waals surface area contributed by atoms with Crippen LogP contribution in [-0.4, -0.2) is 40.9 Å². The van der Waals surface area contributed by atoms with Crippen molar-refractivity contribution < 1.29 is 15.3 Å². The number of benzene rings is 1. The molecule has 0 heterocycles. The summed E-state index contributed by atoms with van der Waals surface area (Å²) in [6.07, 6.45) is -0.656. The van der Waals surface area contributed by atoms with E-state index in [2.05, 4.69) is 0 Å². The molecule has 0 aliphatic carbocycles. The van der Waals surface area contributed by atoms with Crippen molar-refractivity contribution in [2.45, 2.75) is 6.10 Å². The Morgan fingerprint density at radius 1 is 1.21 bits per heavy atom. The number of phenolic OH excluding ortho intramolecular Hbond substituents is 2. The first-order valence-electron chi connectivity index (χ1n) is 4.35. The van der Waals surface area contributed by atoms with E-state index in [1.807, 2.05) is 19.0 Å². The molecule has 1 atom stereocenters. The SMILES string of the molecule is CN(C)C[C@H](O)c1ccc(O)c(O)c1. The zero-order chi connectivity index (χ0) is 10.7. The summed E-state index contributed by atoms with van der Waals surface area (Å²) in [5, 5.41) is 27.9. The normalized spacial score (nSPS) is 13.1. The maximum absolute atomic E-state index is 9.67. The monoisotopic (exact) mass is 197 g/mol. The predicted molar refractivity (Wildman–Crippen MR) is 53.3 cm³/mol. The van der Waals surface area contributed by atoms with Crippen LogP contribution in [-0.2, 0) is 0 Å². The summed E-state index contributed by atoms with van der Waals surface area (Å²) in [4.78, 5) is 1.84. The Morgan fingerprint density at radius 3 is 2.36 bits per heavy atom. The maximum Gasteiger partial charge on any atom is 0.157 e. The second-order valence-electron chi connectivity index (χ2n) is 3.53. The molecular formula is C10H15NO3. The van der Waals surface area contributed by atoms with Crippen LogP contribution >= 0.6 is 0 Å². The van der Waals surface area contributed by atoms with Crippen molar-refractivity contribution in [1.82, 2.24) is 4.90 Å². The summed E-state index contributed by atoms with van der Waals surface area (Å²) >= 11 is 0. The number of rotatable bonds is 3. The molecule has 78 valence electrons. The second-order valence-corrected chi connectivity index (χ2v) is 3.53. The minimum atomic E-state index is -0.656. The van der Waals surface area contributed by atoms with Crippen LogP contribution in [0.2, 0.25) is 0 Å². The fraction of sp³-hybridized carbons (Fsp3) is 0.400. The lowest BCUT2D eigenvalue weighted by molar-refractivity contribution is 0.138. The van der Waals surface area contributed by atoms with Gasteiger partial charge in [0, 0.05) is 6.54 Å². The van der Waals surface area contributed by atoms with Gasteiger partial charge in [0.15, 0.2) is 11.5 Å². The number of nitrogens with zero attached hydrogens (tertiary/aromatic N) is 1.